The lowest BCUT2D eigenvalue weighted by molar-refractivity contribution is -0.938. The summed E-state index contributed by atoms with van der Waals surface area (Å²) in [7, 11) is 0. The number of nitrogens with one attached hydrogen (secondary N) is 1. The topological polar surface area (TPSA) is 55.4 Å². The lowest BCUT2D eigenvalue weighted by Gasteiger charge is -2.51. The first-order valence-electron chi connectivity index (χ1n) is 12.3. The molecule has 1 unspecified atom stereocenters. The molecule has 2 bridgehead atoms. The number of carbonyl (C=O) groups is 2. The van der Waals surface area contributed by atoms with E-state index in [4.69, 9.17) is 4.74 Å². The van der Waals surface area contributed by atoms with Gasteiger partial charge in [0, 0.05) is 24.3 Å². The van der Waals surface area contributed by atoms with Crippen LogP contribution in [0.4, 0.5) is 14.5 Å². The number of fused-ring (bicyclic) bond motifs is 3. The van der Waals surface area contributed by atoms with Crippen molar-refractivity contribution in [2.75, 3.05) is 31.5 Å². The fraction of sp³-hybridized carbons (Fsp3) is 0.310. The molecule has 186 valence electrons. The molecule has 3 aliphatic rings. The van der Waals surface area contributed by atoms with Crippen LogP contribution < -0.4 is 5.32 Å². The van der Waals surface area contributed by atoms with Gasteiger partial charge in [0.2, 0.25) is 5.78 Å². The quantitative estimate of drug-likeness (QED) is 0.269. The summed E-state index contributed by atoms with van der Waals surface area (Å²) in [5.41, 5.74) is 1.33. The molecule has 6 rings (SSSR count). The van der Waals surface area contributed by atoms with Crippen molar-refractivity contribution >= 4 is 17.4 Å². The number of piperidine rings is 3. The van der Waals surface area contributed by atoms with Gasteiger partial charge >= 0.3 is 5.97 Å². The van der Waals surface area contributed by atoms with Crippen LogP contribution in [0.25, 0.3) is 0 Å². The largest absolute Gasteiger partial charge is 0.454 e. The summed E-state index contributed by atoms with van der Waals surface area (Å²) in [4.78, 5) is 26.4. The van der Waals surface area contributed by atoms with Gasteiger partial charge in [-0.05, 0) is 29.8 Å². The number of hydrogen-bond donors (Lipinski definition) is 1. The predicted molar refractivity (Wildman–Crippen MR) is 132 cm³/mol. The van der Waals surface area contributed by atoms with Crippen molar-refractivity contribution in [2.24, 2.45) is 5.92 Å². The smallest absolute Gasteiger partial charge is 0.333 e. The molecule has 5 nitrogen and oxygen atoms in total. The average molecular weight is 492 g/mol. The third-order valence-corrected chi connectivity index (χ3v) is 7.50. The minimum absolute atomic E-state index is 0.0893. The highest BCUT2D eigenvalue weighted by atomic mass is 19.1. The zero-order valence-corrected chi connectivity index (χ0v) is 19.9. The lowest BCUT2D eigenvalue weighted by atomic mass is 9.82. The van der Waals surface area contributed by atoms with Crippen molar-refractivity contribution in [1.29, 1.82) is 0 Å². The molecular weight excluding hydrogens is 462 g/mol. The molecule has 0 aliphatic carbocycles. The first kappa shape index (κ1) is 24.1. The Hall–Kier alpha value is -3.58. The fourth-order valence-corrected chi connectivity index (χ4v) is 5.48. The number of ketones is 1. The summed E-state index contributed by atoms with van der Waals surface area (Å²) in [5, 5.41) is 2.95. The van der Waals surface area contributed by atoms with Crippen LogP contribution >= 0.6 is 0 Å². The normalized spacial score (nSPS) is 23.6. The summed E-state index contributed by atoms with van der Waals surface area (Å²) < 4.78 is 34.6. The van der Waals surface area contributed by atoms with Crippen molar-refractivity contribution < 1.29 is 27.6 Å². The Balaban J connectivity index is 1.33. The van der Waals surface area contributed by atoms with Crippen molar-refractivity contribution in [1.82, 2.24) is 0 Å². The van der Waals surface area contributed by atoms with Gasteiger partial charge < -0.3 is 14.5 Å². The summed E-state index contributed by atoms with van der Waals surface area (Å²) >= 11 is 0. The number of benzene rings is 3. The predicted octanol–water partition coefficient (Wildman–Crippen LogP) is 5.15. The van der Waals surface area contributed by atoms with Crippen LogP contribution in [0.2, 0.25) is 0 Å². The van der Waals surface area contributed by atoms with Crippen LogP contribution in [0.1, 0.15) is 34.8 Å². The molecule has 1 N–H and O–H groups in total. The molecule has 3 heterocycles. The number of rotatable bonds is 8. The fourth-order valence-electron chi connectivity index (χ4n) is 5.48. The maximum atomic E-state index is 14.4. The number of para-hydroxylation sites is 1. The number of Topliss-reactive ketones (excluding diaryl/α,β-unsaturated/α-hetero) is 1. The van der Waals surface area contributed by atoms with Crippen LogP contribution in [-0.4, -0.2) is 48.5 Å². The Bertz CT molecular complexity index is 1220. The highest BCUT2D eigenvalue weighted by Crippen LogP contribution is 2.37. The zero-order valence-electron chi connectivity index (χ0n) is 19.9. The van der Waals surface area contributed by atoms with Gasteiger partial charge in [0.05, 0.1) is 18.8 Å². The first-order valence-corrected chi connectivity index (χ1v) is 12.3. The number of esters is 1. The molecule has 36 heavy (non-hydrogen) atoms. The Morgan fingerprint density at radius 3 is 2.28 bits per heavy atom. The number of ether oxygens (including phenoxy) is 1. The first-order chi connectivity index (χ1) is 17.4. The molecule has 3 aromatic rings. The summed E-state index contributed by atoms with van der Waals surface area (Å²) in [6.45, 7) is 2.71. The second kappa shape index (κ2) is 10.2. The number of halogens is 2. The molecule has 0 saturated carbocycles. The Morgan fingerprint density at radius 2 is 1.58 bits per heavy atom. The Kier molecular flexibility index (Phi) is 6.83. The lowest BCUT2D eigenvalue weighted by Crippen LogP contribution is -2.65. The van der Waals surface area contributed by atoms with E-state index in [1.54, 1.807) is 18.2 Å². The standard InChI is InChI=1S/C29H29F2N2O3/c30-23-12-10-22(11-13-23)28(32-25-9-5-4-8-24(25)31)29(35)36-27-19-33(16-14-21(27)15-17-33)18-26(34)20-6-2-1-3-7-20/h1-13,21,27-28,32H,14-19H2/q+1/t21?,27-,28?,33?/m0/s1. The second-order valence-corrected chi connectivity index (χ2v) is 9.84. The van der Waals surface area contributed by atoms with Gasteiger partial charge in [0.15, 0.2) is 12.1 Å². The molecule has 7 heteroatoms. The van der Waals surface area contributed by atoms with Crippen LogP contribution in [0.15, 0.2) is 78.9 Å². The SMILES string of the molecule is O=C(C[N+]12CCC(CC1)[C@@H](OC(=O)C(Nc1ccccc1F)c1ccc(F)cc1)C2)c1ccccc1. The van der Waals surface area contributed by atoms with E-state index in [9.17, 15) is 18.4 Å². The van der Waals surface area contributed by atoms with E-state index in [0.29, 0.717) is 28.7 Å². The van der Waals surface area contributed by atoms with Gasteiger partial charge in [-0.25, -0.2) is 13.6 Å². The molecule has 3 aliphatic heterocycles. The van der Waals surface area contributed by atoms with E-state index in [2.05, 4.69) is 5.32 Å². The number of nitrogens with zero attached hydrogens (tertiary/aromatic N) is 1. The van der Waals surface area contributed by atoms with Crippen LogP contribution in [0.5, 0.6) is 0 Å². The van der Waals surface area contributed by atoms with Gasteiger partial charge in [0.25, 0.3) is 0 Å². The molecule has 3 saturated heterocycles. The molecule has 2 atom stereocenters. The van der Waals surface area contributed by atoms with Gasteiger partial charge in [-0.15, -0.1) is 0 Å². The summed E-state index contributed by atoms with van der Waals surface area (Å²) in [6.07, 6.45) is 1.41. The summed E-state index contributed by atoms with van der Waals surface area (Å²) in [6, 6.07) is 19.9. The van der Waals surface area contributed by atoms with E-state index < -0.39 is 23.6 Å². The molecule has 3 aromatic carbocycles. The van der Waals surface area contributed by atoms with E-state index in [-0.39, 0.29) is 23.5 Å². The number of anilines is 1. The molecule has 0 aromatic heterocycles. The van der Waals surface area contributed by atoms with E-state index in [0.717, 1.165) is 25.9 Å². The highest BCUT2D eigenvalue weighted by molar-refractivity contribution is 5.97. The molecule has 0 amide bonds. The van der Waals surface area contributed by atoms with Crippen molar-refractivity contribution in [3.05, 3.63) is 102 Å². The average Bonchev–Trinajstić information content (AvgIpc) is 2.90. The van der Waals surface area contributed by atoms with E-state index in [1.165, 1.54) is 30.3 Å². The van der Waals surface area contributed by atoms with Crippen molar-refractivity contribution in [3.8, 4) is 0 Å². The molecule has 0 spiro atoms. The third-order valence-electron chi connectivity index (χ3n) is 7.50. The monoisotopic (exact) mass is 491 g/mol. The minimum Gasteiger partial charge on any atom is -0.454 e. The van der Waals surface area contributed by atoms with Crippen molar-refractivity contribution in [2.45, 2.75) is 25.0 Å². The number of carbonyl (C=O) groups excluding carboxylic acids is 2. The maximum absolute atomic E-state index is 14.4. The zero-order chi connectivity index (χ0) is 25.1. The van der Waals surface area contributed by atoms with Crippen LogP contribution in [-0.2, 0) is 9.53 Å². The Labute approximate surface area is 209 Å². The number of quaternary nitrogens is 1. The van der Waals surface area contributed by atoms with Gasteiger partial charge in [-0.3, -0.25) is 4.79 Å². The van der Waals surface area contributed by atoms with Crippen LogP contribution in [0, 0.1) is 17.6 Å². The third kappa shape index (κ3) is 5.16. The highest BCUT2D eigenvalue weighted by Gasteiger charge is 2.49. The minimum atomic E-state index is -1.00. The van der Waals surface area contributed by atoms with Crippen LogP contribution in [0.3, 0.4) is 0 Å². The van der Waals surface area contributed by atoms with Gasteiger partial charge in [-0.2, -0.15) is 0 Å². The van der Waals surface area contributed by atoms with Crippen molar-refractivity contribution in [3.63, 3.8) is 0 Å². The maximum Gasteiger partial charge on any atom is 0.333 e. The van der Waals surface area contributed by atoms with Gasteiger partial charge in [0.1, 0.15) is 24.7 Å². The summed E-state index contributed by atoms with van der Waals surface area (Å²) in [5.74, 6) is -1.15. The molecule has 0 radical (unpaired) electrons. The number of hydrogen-bond acceptors (Lipinski definition) is 4. The van der Waals surface area contributed by atoms with E-state index in [1.807, 2.05) is 30.3 Å². The van der Waals surface area contributed by atoms with E-state index >= 15 is 0 Å². The van der Waals surface area contributed by atoms with Gasteiger partial charge in [-0.1, -0.05) is 54.6 Å². The molecule has 3 fully saturated rings. The Morgan fingerprint density at radius 1 is 0.917 bits per heavy atom. The molecular formula is C29H29F2N2O3+. The second-order valence-electron chi connectivity index (χ2n) is 9.84.